The van der Waals surface area contributed by atoms with Crippen LogP contribution in [0.5, 0.6) is 0 Å². The van der Waals surface area contributed by atoms with E-state index in [-0.39, 0.29) is 12.1 Å². The quantitative estimate of drug-likeness (QED) is 0.760. The summed E-state index contributed by atoms with van der Waals surface area (Å²) in [4.78, 5) is 0. The third-order valence-electron chi connectivity index (χ3n) is 2.17. The molecule has 0 saturated carbocycles. The van der Waals surface area contributed by atoms with E-state index < -0.39 is 0 Å². The molecule has 0 spiro atoms. The Labute approximate surface area is 89.2 Å². The van der Waals surface area contributed by atoms with Crippen molar-refractivity contribution in [2.75, 3.05) is 26.1 Å². The topological polar surface area (TPSA) is 30.5 Å². The normalized spacial score (nSPS) is 10.7. The van der Waals surface area contributed by atoms with Gasteiger partial charge in [-0.15, -0.1) is 0 Å². The maximum atomic E-state index is 12.8. The van der Waals surface area contributed by atoms with E-state index in [4.69, 9.17) is 9.47 Å². The van der Waals surface area contributed by atoms with Crippen molar-refractivity contribution < 1.29 is 13.9 Å². The molecule has 1 aromatic carbocycles. The van der Waals surface area contributed by atoms with Crippen LogP contribution < -0.4 is 5.32 Å². The van der Waals surface area contributed by atoms with E-state index >= 15 is 0 Å². The molecule has 1 N–H and O–H groups in total. The highest BCUT2D eigenvalue weighted by Crippen LogP contribution is 2.15. The number of benzene rings is 1. The molecule has 0 fully saturated rings. The first-order valence-electron chi connectivity index (χ1n) is 4.73. The van der Waals surface area contributed by atoms with Crippen LogP contribution >= 0.6 is 0 Å². The fourth-order valence-electron chi connectivity index (χ4n) is 1.28. The monoisotopic (exact) mass is 213 g/mol. The van der Waals surface area contributed by atoms with Gasteiger partial charge >= 0.3 is 0 Å². The van der Waals surface area contributed by atoms with Crippen LogP contribution in [0.15, 0.2) is 18.2 Å². The minimum atomic E-state index is -0.297. The third kappa shape index (κ3) is 3.49. The van der Waals surface area contributed by atoms with Crippen molar-refractivity contribution in [3.63, 3.8) is 0 Å². The van der Waals surface area contributed by atoms with Gasteiger partial charge in [0, 0.05) is 19.9 Å². The minimum Gasteiger partial charge on any atom is -0.380 e. The van der Waals surface area contributed by atoms with Gasteiger partial charge in [0.1, 0.15) is 5.82 Å². The Hall–Kier alpha value is -1.13. The Morgan fingerprint density at radius 2 is 2.00 bits per heavy atom. The average Bonchev–Trinajstić information content (AvgIpc) is 2.22. The zero-order chi connectivity index (χ0) is 11.3. The first kappa shape index (κ1) is 11.9. The number of anilines is 1. The summed E-state index contributed by atoms with van der Waals surface area (Å²) < 4.78 is 22.9. The van der Waals surface area contributed by atoms with Gasteiger partial charge in [0.05, 0.1) is 6.54 Å². The zero-order valence-electron chi connectivity index (χ0n) is 9.21. The highest BCUT2D eigenvalue weighted by molar-refractivity contribution is 5.50. The van der Waals surface area contributed by atoms with Crippen LogP contribution in [0, 0.1) is 12.7 Å². The van der Waals surface area contributed by atoms with Gasteiger partial charge in [0.15, 0.2) is 6.29 Å². The van der Waals surface area contributed by atoms with Gasteiger partial charge in [0.2, 0.25) is 0 Å². The van der Waals surface area contributed by atoms with Gasteiger partial charge in [-0.3, -0.25) is 0 Å². The van der Waals surface area contributed by atoms with Crippen molar-refractivity contribution in [3.05, 3.63) is 29.6 Å². The Bertz CT molecular complexity index is 313. The molecule has 0 aliphatic carbocycles. The van der Waals surface area contributed by atoms with Gasteiger partial charge in [0.25, 0.3) is 0 Å². The number of nitrogens with one attached hydrogen (secondary N) is 1. The van der Waals surface area contributed by atoms with Crippen LogP contribution in [0.2, 0.25) is 0 Å². The van der Waals surface area contributed by atoms with Gasteiger partial charge in [-0.2, -0.15) is 0 Å². The van der Waals surface area contributed by atoms with Crippen LogP contribution in [0.3, 0.4) is 0 Å². The molecule has 0 atom stereocenters. The lowest BCUT2D eigenvalue weighted by molar-refractivity contribution is -0.0914. The summed E-state index contributed by atoms with van der Waals surface area (Å²) >= 11 is 0. The van der Waals surface area contributed by atoms with Crippen molar-refractivity contribution in [3.8, 4) is 0 Å². The predicted octanol–water partition coefficient (Wildman–Crippen LogP) is 2.16. The summed E-state index contributed by atoms with van der Waals surface area (Å²) in [6.07, 6.45) is -0.297. The summed E-state index contributed by atoms with van der Waals surface area (Å²) in [5, 5.41) is 3.13. The molecule has 84 valence electrons. The molecule has 0 aliphatic heterocycles. The first-order chi connectivity index (χ1) is 7.17. The van der Waals surface area contributed by atoms with Gasteiger partial charge in [-0.1, -0.05) is 0 Å². The Morgan fingerprint density at radius 1 is 1.33 bits per heavy atom. The molecule has 15 heavy (non-hydrogen) atoms. The number of rotatable bonds is 5. The number of halogens is 1. The minimum absolute atomic E-state index is 0.229. The van der Waals surface area contributed by atoms with E-state index in [2.05, 4.69) is 5.32 Å². The SMILES string of the molecule is COC(CNc1ccc(F)cc1C)OC. The molecule has 3 nitrogen and oxygen atoms in total. The van der Waals surface area contributed by atoms with E-state index in [0.29, 0.717) is 6.54 Å². The molecule has 1 rings (SSSR count). The Morgan fingerprint density at radius 3 is 2.53 bits per heavy atom. The van der Waals surface area contributed by atoms with Crippen molar-refractivity contribution in [1.29, 1.82) is 0 Å². The molecular weight excluding hydrogens is 197 g/mol. The van der Waals surface area contributed by atoms with Crippen molar-refractivity contribution in [2.24, 2.45) is 0 Å². The van der Waals surface area contributed by atoms with E-state index in [9.17, 15) is 4.39 Å². The first-order valence-corrected chi connectivity index (χ1v) is 4.73. The van der Waals surface area contributed by atoms with E-state index in [1.54, 1.807) is 20.3 Å². The van der Waals surface area contributed by atoms with Crippen LogP contribution in [0.25, 0.3) is 0 Å². The lowest BCUT2D eigenvalue weighted by atomic mass is 10.2. The Balaban J connectivity index is 2.57. The smallest absolute Gasteiger partial charge is 0.173 e. The zero-order valence-corrected chi connectivity index (χ0v) is 9.21. The van der Waals surface area contributed by atoms with Crippen molar-refractivity contribution in [2.45, 2.75) is 13.2 Å². The lowest BCUT2D eigenvalue weighted by Gasteiger charge is -2.16. The molecule has 0 bridgehead atoms. The molecule has 0 aliphatic rings. The van der Waals surface area contributed by atoms with Crippen molar-refractivity contribution in [1.82, 2.24) is 0 Å². The summed E-state index contributed by atoms with van der Waals surface area (Å²) in [7, 11) is 3.15. The van der Waals surface area contributed by atoms with Gasteiger partial charge in [-0.25, -0.2) is 4.39 Å². The number of hydrogen-bond donors (Lipinski definition) is 1. The standard InChI is InChI=1S/C11H16FNO2/c1-8-6-9(12)4-5-10(8)13-7-11(14-2)15-3/h4-6,11,13H,7H2,1-3H3. The molecule has 0 aromatic heterocycles. The van der Waals surface area contributed by atoms with Crippen LogP contribution in [0.4, 0.5) is 10.1 Å². The van der Waals surface area contributed by atoms with Gasteiger partial charge in [-0.05, 0) is 30.7 Å². The van der Waals surface area contributed by atoms with E-state index in [1.165, 1.54) is 12.1 Å². The predicted molar refractivity (Wildman–Crippen MR) is 57.4 cm³/mol. The average molecular weight is 213 g/mol. The van der Waals surface area contributed by atoms with E-state index in [1.807, 2.05) is 6.92 Å². The summed E-state index contributed by atoms with van der Waals surface area (Å²) in [6.45, 7) is 2.37. The summed E-state index contributed by atoms with van der Waals surface area (Å²) in [5.41, 5.74) is 1.75. The maximum absolute atomic E-state index is 12.8. The van der Waals surface area contributed by atoms with Crippen LogP contribution in [-0.4, -0.2) is 27.1 Å². The molecule has 0 heterocycles. The summed E-state index contributed by atoms with van der Waals surface area (Å²) in [6, 6.07) is 4.61. The number of hydrogen-bond acceptors (Lipinski definition) is 3. The third-order valence-corrected chi connectivity index (χ3v) is 2.17. The second-order valence-electron chi connectivity index (χ2n) is 3.24. The van der Waals surface area contributed by atoms with Crippen molar-refractivity contribution >= 4 is 5.69 Å². The molecule has 4 heteroatoms. The van der Waals surface area contributed by atoms with Gasteiger partial charge < -0.3 is 14.8 Å². The molecule has 0 amide bonds. The number of methoxy groups -OCH3 is 2. The molecule has 0 radical (unpaired) electrons. The largest absolute Gasteiger partial charge is 0.380 e. The number of ether oxygens (including phenoxy) is 2. The van der Waals surface area contributed by atoms with Crippen LogP contribution in [-0.2, 0) is 9.47 Å². The maximum Gasteiger partial charge on any atom is 0.173 e. The fourth-order valence-corrected chi connectivity index (χ4v) is 1.28. The van der Waals surface area contributed by atoms with Crippen LogP contribution in [0.1, 0.15) is 5.56 Å². The molecule has 0 unspecified atom stereocenters. The highest BCUT2D eigenvalue weighted by atomic mass is 19.1. The molecule has 0 saturated heterocycles. The lowest BCUT2D eigenvalue weighted by Crippen LogP contribution is -2.23. The van der Waals surface area contributed by atoms with E-state index in [0.717, 1.165) is 11.3 Å². The molecule has 1 aromatic rings. The fraction of sp³-hybridized carbons (Fsp3) is 0.455. The molecular formula is C11H16FNO2. The second kappa shape index (κ2) is 5.68. The summed E-state index contributed by atoms with van der Waals surface area (Å²) in [5.74, 6) is -0.229. The number of aryl methyl sites for hydroxylation is 1. The second-order valence-corrected chi connectivity index (χ2v) is 3.24. The highest BCUT2D eigenvalue weighted by Gasteiger charge is 2.05. The Kier molecular flexibility index (Phi) is 4.52.